The van der Waals surface area contributed by atoms with E-state index in [1.807, 2.05) is 30.5 Å². The molecule has 5 nitrogen and oxygen atoms in total. The zero-order valence-electron chi connectivity index (χ0n) is 12.3. The number of amides is 1. The summed E-state index contributed by atoms with van der Waals surface area (Å²) < 4.78 is 0. The molecule has 5 heteroatoms. The van der Waals surface area contributed by atoms with Gasteiger partial charge in [-0.3, -0.25) is 9.89 Å². The maximum atomic E-state index is 12.5. The maximum Gasteiger partial charge on any atom is 0.276 e. The molecule has 0 bridgehead atoms. The van der Waals surface area contributed by atoms with Gasteiger partial charge in [0.1, 0.15) is 0 Å². The Morgan fingerprint density at radius 3 is 3.00 bits per heavy atom. The fourth-order valence-corrected chi connectivity index (χ4v) is 3.16. The van der Waals surface area contributed by atoms with Crippen molar-refractivity contribution in [3.8, 4) is 0 Å². The summed E-state index contributed by atoms with van der Waals surface area (Å²) in [4.78, 5) is 15.7. The van der Waals surface area contributed by atoms with Crippen LogP contribution in [-0.2, 0) is 12.8 Å². The van der Waals surface area contributed by atoms with E-state index in [4.69, 9.17) is 0 Å². The number of aryl methyl sites for hydroxylation is 1. The number of hydrogen-bond acceptors (Lipinski definition) is 2. The van der Waals surface area contributed by atoms with Crippen molar-refractivity contribution >= 4 is 22.5 Å². The molecule has 0 saturated carbocycles. The van der Waals surface area contributed by atoms with E-state index in [0.29, 0.717) is 5.69 Å². The molecule has 2 aromatic heterocycles. The number of nitrogens with zero attached hydrogens (tertiary/aromatic N) is 1. The average molecular weight is 294 g/mol. The normalized spacial score (nSPS) is 14.5. The SMILES string of the molecule is O=C(Nc1ccc2cc[nH]c2c1)c1n[nH]c2c1CCCCC2. The van der Waals surface area contributed by atoms with Gasteiger partial charge in [-0.25, -0.2) is 0 Å². The lowest BCUT2D eigenvalue weighted by molar-refractivity contribution is 0.102. The van der Waals surface area contributed by atoms with Gasteiger partial charge in [-0.15, -0.1) is 0 Å². The number of aromatic amines is 2. The van der Waals surface area contributed by atoms with E-state index in [1.165, 1.54) is 12.8 Å². The second-order valence-electron chi connectivity index (χ2n) is 5.82. The fourth-order valence-electron chi connectivity index (χ4n) is 3.16. The van der Waals surface area contributed by atoms with E-state index in [2.05, 4.69) is 20.5 Å². The first-order chi connectivity index (χ1) is 10.8. The first-order valence-corrected chi connectivity index (χ1v) is 7.76. The van der Waals surface area contributed by atoms with Crippen molar-refractivity contribution in [2.45, 2.75) is 32.1 Å². The molecule has 4 rings (SSSR count). The van der Waals surface area contributed by atoms with Crippen molar-refractivity contribution in [2.24, 2.45) is 0 Å². The molecule has 0 radical (unpaired) electrons. The van der Waals surface area contributed by atoms with Gasteiger partial charge in [0.15, 0.2) is 5.69 Å². The molecular weight excluding hydrogens is 276 g/mol. The molecular formula is C17H18N4O. The summed E-state index contributed by atoms with van der Waals surface area (Å²) in [6.07, 6.45) is 7.33. The summed E-state index contributed by atoms with van der Waals surface area (Å²) in [5.41, 5.74) is 4.56. The molecule has 1 aliphatic carbocycles. The standard InChI is InChI=1S/C17H18N4O/c22-17(16-13-4-2-1-3-5-14(13)20-21-16)19-12-7-6-11-8-9-18-15(11)10-12/h6-10,18H,1-5H2,(H,19,22)(H,20,21). The topological polar surface area (TPSA) is 73.6 Å². The number of nitrogens with one attached hydrogen (secondary N) is 3. The number of carbonyl (C=O) groups is 1. The number of carbonyl (C=O) groups excluding carboxylic acids is 1. The number of fused-ring (bicyclic) bond motifs is 2. The van der Waals surface area contributed by atoms with Crippen LogP contribution in [0.5, 0.6) is 0 Å². The predicted octanol–water partition coefficient (Wildman–Crippen LogP) is 3.41. The minimum atomic E-state index is -0.134. The lowest BCUT2D eigenvalue weighted by atomic mass is 10.1. The molecule has 0 spiro atoms. The van der Waals surface area contributed by atoms with Crippen molar-refractivity contribution in [3.05, 3.63) is 47.4 Å². The summed E-state index contributed by atoms with van der Waals surface area (Å²) in [6.45, 7) is 0. The van der Waals surface area contributed by atoms with Gasteiger partial charge >= 0.3 is 0 Å². The molecule has 3 aromatic rings. The molecule has 22 heavy (non-hydrogen) atoms. The van der Waals surface area contributed by atoms with Crippen LogP contribution in [0.4, 0.5) is 5.69 Å². The van der Waals surface area contributed by atoms with Crippen LogP contribution in [0.25, 0.3) is 10.9 Å². The maximum absolute atomic E-state index is 12.5. The molecule has 0 atom stereocenters. The zero-order valence-corrected chi connectivity index (χ0v) is 12.3. The molecule has 0 fully saturated rings. The molecule has 0 saturated heterocycles. The van der Waals surface area contributed by atoms with E-state index in [9.17, 15) is 4.79 Å². The highest BCUT2D eigenvalue weighted by atomic mass is 16.1. The lowest BCUT2D eigenvalue weighted by Gasteiger charge is -2.05. The van der Waals surface area contributed by atoms with Gasteiger partial charge < -0.3 is 10.3 Å². The third-order valence-electron chi connectivity index (χ3n) is 4.33. The Morgan fingerprint density at radius 1 is 1.14 bits per heavy atom. The summed E-state index contributed by atoms with van der Waals surface area (Å²) in [6, 6.07) is 7.86. The van der Waals surface area contributed by atoms with Crippen LogP contribution in [0.3, 0.4) is 0 Å². The van der Waals surface area contributed by atoms with Crippen LogP contribution in [-0.4, -0.2) is 21.1 Å². The summed E-state index contributed by atoms with van der Waals surface area (Å²) in [5.74, 6) is -0.134. The minimum Gasteiger partial charge on any atom is -0.361 e. The number of benzene rings is 1. The summed E-state index contributed by atoms with van der Waals surface area (Å²) in [5, 5.41) is 11.4. The number of hydrogen-bond donors (Lipinski definition) is 3. The Balaban J connectivity index is 1.60. The zero-order chi connectivity index (χ0) is 14.9. The van der Waals surface area contributed by atoms with Crippen LogP contribution in [0.1, 0.15) is 41.0 Å². The van der Waals surface area contributed by atoms with Crippen molar-refractivity contribution in [2.75, 3.05) is 5.32 Å². The summed E-state index contributed by atoms with van der Waals surface area (Å²) in [7, 11) is 0. The van der Waals surface area contributed by atoms with E-state index in [0.717, 1.165) is 47.1 Å². The third-order valence-corrected chi connectivity index (χ3v) is 4.33. The van der Waals surface area contributed by atoms with Gasteiger partial charge in [0.05, 0.1) is 0 Å². The number of aromatic nitrogens is 3. The highest BCUT2D eigenvalue weighted by Crippen LogP contribution is 2.23. The third kappa shape index (κ3) is 2.28. The number of rotatable bonds is 2. The lowest BCUT2D eigenvalue weighted by Crippen LogP contribution is -2.14. The van der Waals surface area contributed by atoms with Crippen molar-refractivity contribution in [1.82, 2.24) is 15.2 Å². The van der Waals surface area contributed by atoms with Crippen LogP contribution < -0.4 is 5.32 Å². The first kappa shape index (κ1) is 13.1. The van der Waals surface area contributed by atoms with Gasteiger partial charge in [-0.2, -0.15) is 5.10 Å². The van der Waals surface area contributed by atoms with E-state index in [-0.39, 0.29) is 5.91 Å². The second-order valence-corrected chi connectivity index (χ2v) is 5.82. The van der Waals surface area contributed by atoms with Gasteiger partial charge in [0.25, 0.3) is 5.91 Å². The molecule has 1 aromatic carbocycles. The first-order valence-electron chi connectivity index (χ1n) is 7.76. The highest BCUT2D eigenvalue weighted by molar-refractivity contribution is 6.04. The molecule has 3 N–H and O–H groups in total. The Hall–Kier alpha value is -2.56. The van der Waals surface area contributed by atoms with Crippen LogP contribution in [0.15, 0.2) is 30.5 Å². The molecule has 1 amide bonds. The summed E-state index contributed by atoms with van der Waals surface area (Å²) >= 11 is 0. The van der Waals surface area contributed by atoms with Gasteiger partial charge in [-0.1, -0.05) is 12.5 Å². The van der Waals surface area contributed by atoms with Crippen molar-refractivity contribution in [1.29, 1.82) is 0 Å². The second kappa shape index (κ2) is 5.33. The molecule has 0 unspecified atom stereocenters. The van der Waals surface area contributed by atoms with Gasteiger partial charge in [-0.05, 0) is 49.3 Å². The molecule has 1 aliphatic rings. The highest BCUT2D eigenvalue weighted by Gasteiger charge is 2.20. The van der Waals surface area contributed by atoms with Crippen molar-refractivity contribution < 1.29 is 4.79 Å². The van der Waals surface area contributed by atoms with Crippen LogP contribution in [0.2, 0.25) is 0 Å². The Labute approximate surface area is 128 Å². The Morgan fingerprint density at radius 2 is 2.05 bits per heavy atom. The monoisotopic (exact) mass is 294 g/mol. The Kier molecular flexibility index (Phi) is 3.18. The minimum absolute atomic E-state index is 0.134. The largest absolute Gasteiger partial charge is 0.361 e. The van der Waals surface area contributed by atoms with E-state index >= 15 is 0 Å². The number of anilines is 1. The Bertz CT molecular complexity index is 830. The van der Waals surface area contributed by atoms with Gasteiger partial charge in [0, 0.05) is 28.7 Å². The fraction of sp³-hybridized carbons (Fsp3) is 0.294. The van der Waals surface area contributed by atoms with Gasteiger partial charge in [0.2, 0.25) is 0 Å². The molecule has 2 heterocycles. The van der Waals surface area contributed by atoms with Crippen LogP contribution in [0, 0.1) is 0 Å². The average Bonchev–Trinajstić information content (AvgIpc) is 3.08. The van der Waals surface area contributed by atoms with Crippen molar-refractivity contribution in [3.63, 3.8) is 0 Å². The molecule has 0 aliphatic heterocycles. The predicted molar refractivity (Wildman–Crippen MR) is 86.1 cm³/mol. The smallest absolute Gasteiger partial charge is 0.276 e. The van der Waals surface area contributed by atoms with Crippen LogP contribution >= 0.6 is 0 Å². The van der Waals surface area contributed by atoms with E-state index in [1.54, 1.807) is 0 Å². The number of H-pyrrole nitrogens is 2. The van der Waals surface area contributed by atoms with E-state index < -0.39 is 0 Å². The quantitative estimate of drug-likeness (QED) is 0.634. The molecule has 112 valence electrons.